The van der Waals surface area contributed by atoms with Crippen molar-refractivity contribution in [1.29, 1.82) is 0 Å². The minimum absolute atomic E-state index is 0.0608. The van der Waals surface area contributed by atoms with Crippen LogP contribution in [-0.4, -0.2) is 32.5 Å². The minimum Gasteiger partial charge on any atom is -0.483 e. The highest BCUT2D eigenvalue weighted by molar-refractivity contribution is 7.99. The number of aryl methyl sites for hydroxylation is 1. The summed E-state index contributed by atoms with van der Waals surface area (Å²) < 4.78 is 8.04. The van der Waals surface area contributed by atoms with Crippen molar-refractivity contribution in [2.75, 3.05) is 5.75 Å². The summed E-state index contributed by atoms with van der Waals surface area (Å²) in [5.74, 6) is 1.92. The summed E-state index contributed by atoms with van der Waals surface area (Å²) in [6.07, 6.45) is 8.66. The van der Waals surface area contributed by atoms with Gasteiger partial charge in [0.1, 0.15) is 5.75 Å². The Bertz CT molecular complexity index is 843. The van der Waals surface area contributed by atoms with Gasteiger partial charge in [0.05, 0.1) is 5.75 Å². The summed E-state index contributed by atoms with van der Waals surface area (Å²) in [5, 5.41) is 12.6. The molecule has 1 aliphatic carbocycles. The molecule has 1 heterocycles. The number of hydrogen-bond acceptors (Lipinski definition) is 5. The van der Waals surface area contributed by atoms with Crippen molar-refractivity contribution < 1.29 is 9.53 Å². The van der Waals surface area contributed by atoms with Gasteiger partial charge in [0.25, 0.3) is 0 Å². The molecule has 1 N–H and O–H groups in total. The van der Waals surface area contributed by atoms with Crippen LogP contribution in [0.15, 0.2) is 42.1 Å². The van der Waals surface area contributed by atoms with Gasteiger partial charge in [0.15, 0.2) is 17.1 Å². The molecule has 3 rings (SSSR count). The number of hydrogen-bond donors (Lipinski definition) is 1. The molecule has 0 radical (unpaired) electrons. The fraction of sp³-hybridized carbons (Fsp3) is 0.522. The summed E-state index contributed by atoms with van der Waals surface area (Å²) in [6.45, 7) is 8.41. The predicted molar refractivity (Wildman–Crippen MR) is 121 cm³/mol. The van der Waals surface area contributed by atoms with Crippen molar-refractivity contribution in [3.05, 3.63) is 48.3 Å². The molecule has 30 heavy (non-hydrogen) atoms. The second-order valence-corrected chi connectivity index (χ2v) is 8.80. The van der Waals surface area contributed by atoms with E-state index < -0.39 is 0 Å². The molecule has 7 heteroatoms. The molecule has 0 bridgehead atoms. The monoisotopic (exact) mass is 428 g/mol. The Morgan fingerprint density at radius 3 is 2.80 bits per heavy atom. The second kappa shape index (κ2) is 11.2. The fourth-order valence-electron chi connectivity index (χ4n) is 3.78. The van der Waals surface area contributed by atoms with Gasteiger partial charge in [-0.05, 0) is 44.4 Å². The lowest BCUT2D eigenvalue weighted by Crippen LogP contribution is -2.35. The van der Waals surface area contributed by atoms with Gasteiger partial charge in [-0.15, -0.1) is 16.8 Å². The first-order valence-corrected chi connectivity index (χ1v) is 11.7. The maximum absolute atomic E-state index is 12.4. The third-order valence-corrected chi connectivity index (χ3v) is 6.24. The molecule has 0 spiro atoms. The smallest absolute Gasteiger partial charge is 0.230 e. The van der Waals surface area contributed by atoms with Crippen molar-refractivity contribution in [1.82, 2.24) is 20.1 Å². The van der Waals surface area contributed by atoms with E-state index in [1.165, 1.54) is 37.4 Å². The first-order valence-electron chi connectivity index (χ1n) is 10.8. The third kappa shape index (κ3) is 6.36. The van der Waals surface area contributed by atoms with Crippen LogP contribution in [0.2, 0.25) is 0 Å². The number of benzene rings is 1. The summed E-state index contributed by atoms with van der Waals surface area (Å²) in [6, 6.07) is 8.25. The molecule has 2 aromatic rings. The lowest BCUT2D eigenvalue weighted by molar-refractivity contribution is -0.119. The Kier molecular flexibility index (Phi) is 8.37. The van der Waals surface area contributed by atoms with E-state index in [0.717, 1.165) is 30.0 Å². The van der Waals surface area contributed by atoms with Crippen molar-refractivity contribution in [3.8, 4) is 5.75 Å². The maximum atomic E-state index is 12.4. The van der Waals surface area contributed by atoms with E-state index in [1.54, 1.807) is 0 Å². The first kappa shape index (κ1) is 22.4. The Labute approximate surface area is 183 Å². The van der Waals surface area contributed by atoms with E-state index in [-0.39, 0.29) is 12.0 Å². The highest BCUT2D eigenvalue weighted by Gasteiger charge is 2.21. The lowest BCUT2D eigenvalue weighted by Gasteiger charge is -2.17. The topological polar surface area (TPSA) is 69.0 Å². The van der Waals surface area contributed by atoms with Gasteiger partial charge in [0, 0.05) is 12.6 Å². The highest BCUT2D eigenvalue weighted by atomic mass is 32.2. The lowest BCUT2D eigenvalue weighted by atomic mass is 10.1. The zero-order valence-corrected chi connectivity index (χ0v) is 18.8. The summed E-state index contributed by atoms with van der Waals surface area (Å²) in [5.41, 5.74) is 1.14. The molecule has 6 nitrogen and oxygen atoms in total. The average Bonchev–Trinajstić information content (AvgIpc) is 2.93. The molecule has 1 saturated carbocycles. The summed E-state index contributed by atoms with van der Waals surface area (Å²) >= 11 is 1.41. The van der Waals surface area contributed by atoms with Crippen molar-refractivity contribution in [2.24, 2.45) is 0 Å². The predicted octanol–water partition coefficient (Wildman–Crippen LogP) is 4.84. The average molecular weight is 429 g/mol. The zero-order valence-electron chi connectivity index (χ0n) is 18.0. The van der Waals surface area contributed by atoms with Gasteiger partial charge < -0.3 is 10.1 Å². The van der Waals surface area contributed by atoms with Crippen LogP contribution in [-0.2, 0) is 11.3 Å². The molecular weight excluding hydrogens is 396 g/mol. The standard InChI is InChI=1S/C23H32N4O2S/c1-4-14-27-22(18(3)29-20-13-9-10-17(2)15-20)25-26-23(27)30-16-21(28)24-19-11-7-5-6-8-12-19/h4,9-10,13,15,18-19H,1,5-8,11-12,14,16H2,2-3H3,(H,24,28). The number of nitrogens with zero attached hydrogens (tertiary/aromatic N) is 3. The number of aromatic nitrogens is 3. The van der Waals surface area contributed by atoms with Crippen LogP contribution in [0.5, 0.6) is 5.75 Å². The van der Waals surface area contributed by atoms with Crippen molar-refractivity contribution >= 4 is 17.7 Å². The van der Waals surface area contributed by atoms with Gasteiger partial charge in [0.2, 0.25) is 5.91 Å². The quantitative estimate of drug-likeness (QED) is 0.351. The Morgan fingerprint density at radius 2 is 2.10 bits per heavy atom. The molecule has 0 aliphatic heterocycles. The second-order valence-electron chi connectivity index (χ2n) is 7.86. The van der Waals surface area contributed by atoms with Crippen LogP contribution < -0.4 is 10.1 Å². The number of ether oxygens (including phenoxy) is 1. The molecule has 1 aliphatic rings. The summed E-state index contributed by atoms with van der Waals surface area (Å²) in [7, 11) is 0. The highest BCUT2D eigenvalue weighted by Crippen LogP contribution is 2.25. The van der Waals surface area contributed by atoms with Gasteiger partial charge in [-0.1, -0.05) is 55.7 Å². The fourth-order valence-corrected chi connectivity index (χ4v) is 4.54. The zero-order chi connectivity index (χ0) is 21.3. The van der Waals surface area contributed by atoms with Crippen molar-refractivity contribution in [3.63, 3.8) is 0 Å². The van der Waals surface area contributed by atoms with Crippen LogP contribution in [0.1, 0.15) is 62.9 Å². The number of rotatable bonds is 9. The number of carbonyl (C=O) groups excluding carboxylic acids is 1. The molecule has 0 saturated heterocycles. The molecule has 1 aromatic carbocycles. The molecule has 1 atom stereocenters. The summed E-state index contributed by atoms with van der Waals surface area (Å²) in [4.78, 5) is 12.4. The van der Waals surface area contributed by atoms with E-state index >= 15 is 0 Å². The number of amides is 1. The Morgan fingerprint density at radius 1 is 1.33 bits per heavy atom. The Balaban J connectivity index is 1.61. The first-order chi connectivity index (χ1) is 14.6. The van der Waals surface area contributed by atoms with E-state index in [1.807, 2.05) is 48.8 Å². The molecular formula is C23H32N4O2S. The number of allylic oxidation sites excluding steroid dienone is 1. The van der Waals surface area contributed by atoms with E-state index in [0.29, 0.717) is 23.5 Å². The minimum atomic E-state index is -0.270. The normalized spacial score (nSPS) is 15.9. The van der Waals surface area contributed by atoms with Crippen LogP contribution in [0.4, 0.5) is 0 Å². The van der Waals surface area contributed by atoms with Gasteiger partial charge >= 0.3 is 0 Å². The van der Waals surface area contributed by atoms with Crippen LogP contribution >= 0.6 is 11.8 Å². The van der Waals surface area contributed by atoms with Gasteiger partial charge in [-0.3, -0.25) is 9.36 Å². The van der Waals surface area contributed by atoms with Crippen LogP contribution in [0.3, 0.4) is 0 Å². The SMILES string of the molecule is C=CCn1c(SCC(=O)NC2CCCCCC2)nnc1C(C)Oc1cccc(C)c1. The molecule has 162 valence electrons. The van der Waals surface area contributed by atoms with Crippen LogP contribution in [0.25, 0.3) is 0 Å². The van der Waals surface area contributed by atoms with Crippen LogP contribution in [0, 0.1) is 6.92 Å². The van der Waals surface area contributed by atoms with Crippen molar-refractivity contribution in [2.45, 2.75) is 76.2 Å². The number of thioether (sulfide) groups is 1. The molecule has 1 unspecified atom stereocenters. The molecule has 1 fully saturated rings. The van der Waals surface area contributed by atoms with E-state index in [4.69, 9.17) is 4.74 Å². The third-order valence-electron chi connectivity index (χ3n) is 5.28. The molecule has 1 amide bonds. The maximum Gasteiger partial charge on any atom is 0.230 e. The van der Waals surface area contributed by atoms with Gasteiger partial charge in [-0.2, -0.15) is 0 Å². The number of carbonyl (C=O) groups is 1. The Hall–Kier alpha value is -2.28. The molecule has 1 aromatic heterocycles. The largest absolute Gasteiger partial charge is 0.483 e. The number of nitrogens with one attached hydrogen (secondary N) is 1. The van der Waals surface area contributed by atoms with E-state index in [9.17, 15) is 4.79 Å². The van der Waals surface area contributed by atoms with Gasteiger partial charge in [-0.25, -0.2) is 0 Å². The van der Waals surface area contributed by atoms with E-state index in [2.05, 4.69) is 22.1 Å².